The van der Waals surface area contributed by atoms with Crippen molar-refractivity contribution in [1.29, 1.82) is 0 Å². The molecule has 1 unspecified atom stereocenters. The zero-order valence-electron chi connectivity index (χ0n) is 13.5. The van der Waals surface area contributed by atoms with Gasteiger partial charge in [0.2, 0.25) is 0 Å². The van der Waals surface area contributed by atoms with Crippen LogP contribution in [0.4, 0.5) is 5.69 Å². The third kappa shape index (κ3) is 3.57. The Morgan fingerprint density at radius 2 is 2.09 bits per heavy atom. The number of halogens is 1. The number of ether oxygens (including phenoxy) is 1. The van der Waals surface area contributed by atoms with Crippen molar-refractivity contribution >= 4 is 23.6 Å². The zero-order chi connectivity index (χ0) is 16.2. The molecule has 1 aliphatic heterocycles. The lowest BCUT2D eigenvalue weighted by atomic mass is 9.92. The molecule has 0 aromatic heterocycles. The molecule has 2 aromatic rings. The second-order valence-corrected chi connectivity index (χ2v) is 6.14. The fourth-order valence-electron chi connectivity index (χ4n) is 2.70. The number of benzene rings is 2. The minimum Gasteiger partial charge on any atom is -0.368 e. The first kappa shape index (κ1) is 16.0. The summed E-state index contributed by atoms with van der Waals surface area (Å²) < 4.78 is 6.00. The largest absolute Gasteiger partial charge is 0.368 e. The molecule has 0 saturated carbocycles. The lowest BCUT2D eigenvalue weighted by molar-refractivity contribution is 0.0699. The van der Waals surface area contributed by atoms with Gasteiger partial charge in [-0.25, -0.2) is 4.99 Å². The van der Waals surface area contributed by atoms with E-state index in [-0.39, 0.29) is 6.10 Å². The van der Waals surface area contributed by atoms with Crippen LogP contribution in [0.3, 0.4) is 0 Å². The van der Waals surface area contributed by atoms with Crippen molar-refractivity contribution in [1.82, 2.24) is 4.90 Å². The van der Waals surface area contributed by atoms with Crippen LogP contribution >= 0.6 is 11.6 Å². The van der Waals surface area contributed by atoms with Crippen LogP contribution in [0.2, 0.25) is 5.02 Å². The molecule has 1 heterocycles. The van der Waals surface area contributed by atoms with Gasteiger partial charge in [-0.1, -0.05) is 41.9 Å². The number of hydrogen-bond acceptors (Lipinski definition) is 2. The second-order valence-electron chi connectivity index (χ2n) is 5.73. The van der Waals surface area contributed by atoms with E-state index in [9.17, 15) is 0 Å². The molecule has 0 saturated heterocycles. The molecular weight excluding hydrogens is 308 g/mol. The van der Waals surface area contributed by atoms with Crippen LogP contribution in [0.25, 0.3) is 0 Å². The van der Waals surface area contributed by atoms with Gasteiger partial charge in [-0.05, 0) is 42.2 Å². The average molecular weight is 329 g/mol. The first-order valence-electron chi connectivity index (χ1n) is 7.92. The Bertz CT molecular complexity index is 700. The smallest absolute Gasteiger partial charge is 0.108 e. The van der Waals surface area contributed by atoms with Gasteiger partial charge in [0.05, 0.1) is 23.7 Å². The molecule has 4 heteroatoms. The average Bonchev–Trinajstić information content (AvgIpc) is 2.60. The Hall–Kier alpha value is -1.84. The number of rotatable bonds is 4. The van der Waals surface area contributed by atoms with Crippen molar-refractivity contribution in [3.8, 4) is 0 Å². The van der Waals surface area contributed by atoms with Gasteiger partial charge in [-0.3, -0.25) is 0 Å². The van der Waals surface area contributed by atoms with Crippen LogP contribution in [-0.4, -0.2) is 31.4 Å². The summed E-state index contributed by atoms with van der Waals surface area (Å²) in [6.45, 7) is 3.71. The fraction of sp³-hybridized carbons (Fsp3) is 0.316. The van der Waals surface area contributed by atoms with Crippen molar-refractivity contribution in [2.75, 3.05) is 20.2 Å². The van der Waals surface area contributed by atoms with Crippen LogP contribution in [0.1, 0.15) is 29.7 Å². The Morgan fingerprint density at radius 3 is 2.83 bits per heavy atom. The molecule has 1 atom stereocenters. The molecule has 120 valence electrons. The number of nitrogens with zero attached hydrogens (tertiary/aromatic N) is 2. The molecule has 0 amide bonds. The number of fused-ring (bicyclic) bond motifs is 1. The van der Waals surface area contributed by atoms with E-state index in [0.717, 1.165) is 29.8 Å². The van der Waals surface area contributed by atoms with Crippen molar-refractivity contribution in [3.05, 3.63) is 64.2 Å². The van der Waals surface area contributed by atoms with Crippen LogP contribution in [0, 0.1) is 0 Å². The first-order valence-corrected chi connectivity index (χ1v) is 8.30. The van der Waals surface area contributed by atoms with E-state index in [4.69, 9.17) is 16.3 Å². The molecule has 0 radical (unpaired) electrons. The highest BCUT2D eigenvalue weighted by molar-refractivity contribution is 6.33. The van der Waals surface area contributed by atoms with Gasteiger partial charge in [0.15, 0.2) is 0 Å². The quantitative estimate of drug-likeness (QED) is 0.604. The fourth-order valence-corrected chi connectivity index (χ4v) is 2.92. The van der Waals surface area contributed by atoms with Crippen molar-refractivity contribution in [2.24, 2.45) is 4.99 Å². The van der Waals surface area contributed by atoms with Gasteiger partial charge < -0.3 is 9.64 Å². The highest BCUT2D eigenvalue weighted by atomic mass is 35.5. The van der Waals surface area contributed by atoms with Gasteiger partial charge in [-0.15, -0.1) is 0 Å². The molecule has 3 nitrogen and oxygen atoms in total. The number of aliphatic imine (C=N–C) groups is 1. The van der Waals surface area contributed by atoms with E-state index >= 15 is 0 Å². The summed E-state index contributed by atoms with van der Waals surface area (Å²) >= 11 is 6.45. The van der Waals surface area contributed by atoms with Crippen LogP contribution in [0.15, 0.2) is 47.5 Å². The summed E-state index contributed by atoms with van der Waals surface area (Å²) in [7, 11) is 2.00. The highest BCUT2D eigenvalue weighted by Crippen LogP contribution is 2.38. The summed E-state index contributed by atoms with van der Waals surface area (Å²) in [5.74, 6) is 0. The Kier molecular flexibility index (Phi) is 4.99. The van der Waals surface area contributed by atoms with E-state index in [1.165, 1.54) is 5.56 Å². The highest BCUT2D eigenvalue weighted by Gasteiger charge is 2.23. The van der Waals surface area contributed by atoms with Gasteiger partial charge in [0, 0.05) is 13.6 Å². The lowest BCUT2D eigenvalue weighted by Gasteiger charge is -2.27. The topological polar surface area (TPSA) is 24.8 Å². The van der Waals surface area contributed by atoms with Crippen LogP contribution in [0.5, 0.6) is 0 Å². The minimum atomic E-state index is -0.0474. The van der Waals surface area contributed by atoms with E-state index in [0.29, 0.717) is 11.6 Å². The monoisotopic (exact) mass is 328 g/mol. The standard InChI is InChI=1S/C19H21ClN2O/c1-3-22(2)13-21-18-11-15-9-10-23-19(16(15)12-17(18)20)14-7-5-4-6-8-14/h4-8,11-13,19H,3,9-10H2,1-2H3. The SMILES string of the molecule is CCN(C)C=Nc1cc2c(cc1Cl)C(c1ccccc1)OCC2. The predicted octanol–water partition coefficient (Wildman–Crippen LogP) is 4.61. The summed E-state index contributed by atoms with van der Waals surface area (Å²) in [6.07, 6.45) is 2.66. The maximum Gasteiger partial charge on any atom is 0.108 e. The van der Waals surface area contributed by atoms with Gasteiger partial charge in [0.25, 0.3) is 0 Å². The molecule has 0 aliphatic carbocycles. The maximum atomic E-state index is 6.45. The second kappa shape index (κ2) is 7.16. The van der Waals surface area contributed by atoms with E-state index in [1.807, 2.05) is 42.6 Å². The number of hydrogen-bond donors (Lipinski definition) is 0. The summed E-state index contributed by atoms with van der Waals surface area (Å²) in [5, 5.41) is 0.663. The summed E-state index contributed by atoms with van der Waals surface area (Å²) in [4.78, 5) is 6.53. The van der Waals surface area contributed by atoms with Gasteiger partial charge in [0.1, 0.15) is 6.10 Å². The Morgan fingerprint density at radius 1 is 1.30 bits per heavy atom. The molecule has 3 rings (SSSR count). The summed E-state index contributed by atoms with van der Waals surface area (Å²) in [5.41, 5.74) is 4.39. The van der Waals surface area contributed by atoms with Crippen LogP contribution in [-0.2, 0) is 11.2 Å². The lowest BCUT2D eigenvalue weighted by Crippen LogP contribution is -2.17. The Labute approximate surface area is 142 Å². The van der Waals surface area contributed by atoms with Crippen molar-refractivity contribution < 1.29 is 4.74 Å². The molecular formula is C19H21ClN2O. The van der Waals surface area contributed by atoms with Crippen molar-refractivity contribution in [2.45, 2.75) is 19.4 Å². The maximum absolute atomic E-state index is 6.45. The zero-order valence-corrected chi connectivity index (χ0v) is 14.3. The molecule has 1 aliphatic rings. The third-order valence-electron chi connectivity index (χ3n) is 4.14. The van der Waals surface area contributed by atoms with E-state index in [2.05, 4.69) is 30.1 Å². The van der Waals surface area contributed by atoms with Gasteiger partial charge >= 0.3 is 0 Å². The molecule has 23 heavy (non-hydrogen) atoms. The van der Waals surface area contributed by atoms with Crippen LogP contribution < -0.4 is 0 Å². The third-order valence-corrected chi connectivity index (χ3v) is 4.44. The van der Waals surface area contributed by atoms with Crippen molar-refractivity contribution in [3.63, 3.8) is 0 Å². The Balaban J connectivity index is 1.96. The van der Waals surface area contributed by atoms with Gasteiger partial charge in [-0.2, -0.15) is 0 Å². The van der Waals surface area contributed by atoms with E-state index < -0.39 is 0 Å². The molecule has 2 aromatic carbocycles. The molecule has 0 spiro atoms. The predicted molar refractivity (Wildman–Crippen MR) is 95.8 cm³/mol. The summed E-state index contributed by atoms with van der Waals surface area (Å²) in [6, 6.07) is 14.4. The molecule has 0 N–H and O–H groups in total. The minimum absolute atomic E-state index is 0.0474. The van der Waals surface area contributed by atoms with E-state index in [1.54, 1.807) is 0 Å². The first-order chi connectivity index (χ1) is 11.2. The molecule has 0 bridgehead atoms. The molecule has 0 fully saturated rings. The normalized spacial score (nSPS) is 17.3.